The van der Waals surface area contributed by atoms with Gasteiger partial charge in [0.05, 0.1) is 0 Å². The van der Waals surface area contributed by atoms with Gasteiger partial charge in [-0.15, -0.1) is 0 Å². The zero-order chi connectivity index (χ0) is 11.5. The van der Waals surface area contributed by atoms with Gasteiger partial charge in [0.2, 0.25) is 5.95 Å². The first-order valence-corrected chi connectivity index (χ1v) is 5.65. The molecule has 1 aromatic rings. The molecule has 0 saturated carbocycles. The van der Waals surface area contributed by atoms with Crippen molar-refractivity contribution in [2.75, 3.05) is 37.8 Å². The summed E-state index contributed by atoms with van der Waals surface area (Å²) in [5.41, 5.74) is 1.09. The maximum atomic E-state index is 4.43. The van der Waals surface area contributed by atoms with Crippen LogP contribution in [0.25, 0.3) is 0 Å². The second kappa shape index (κ2) is 4.65. The van der Waals surface area contributed by atoms with Crippen LogP contribution in [-0.4, -0.2) is 48.1 Å². The topological polar surface area (TPSA) is 53.1 Å². The Kier molecular flexibility index (Phi) is 3.24. The average molecular weight is 221 g/mol. The first-order chi connectivity index (χ1) is 7.69. The van der Waals surface area contributed by atoms with E-state index in [1.54, 1.807) is 0 Å². The highest BCUT2D eigenvalue weighted by Gasteiger charge is 2.20. The molecule has 2 heterocycles. The summed E-state index contributed by atoms with van der Waals surface area (Å²) in [5, 5.41) is 6.44. The van der Waals surface area contributed by atoms with E-state index >= 15 is 0 Å². The van der Waals surface area contributed by atoms with Gasteiger partial charge >= 0.3 is 0 Å². The van der Waals surface area contributed by atoms with E-state index in [0.29, 0.717) is 12.0 Å². The molecule has 1 atom stereocenters. The van der Waals surface area contributed by atoms with Crippen molar-refractivity contribution in [2.45, 2.75) is 19.4 Å². The lowest BCUT2D eigenvalue weighted by Crippen LogP contribution is -2.24. The van der Waals surface area contributed by atoms with Crippen LogP contribution in [0.15, 0.2) is 6.20 Å². The van der Waals surface area contributed by atoms with Crippen LogP contribution in [0.3, 0.4) is 0 Å². The van der Waals surface area contributed by atoms with E-state index in [4.69, 9.17) is 0 Å². The minimum Gasteiger partial charge on any atom is -0.366 e. The van der Waals surface area contributed by atoms with E-state index in [9.17, 15) is 0 Å². The molecule has 5 nitrogen and oxygen atoms in total. The molecule has 5 heteroatoms. The molecule has 0 spiro atoms. The van der Waals surface area contributed by atoms with E-state index in [1.807, 2.05) is 20.2 Å². The molecule has 1 aliphatic heterocycles. The molecule has 16 heavy (non-hydrogen) atoms. The lowest BCUT2D eigenvalue weighted by Gasteiger charge is -2.15. The molecule has 0 aromatic carbocycles. The van der Waals surface area contributed by atoms with Crippen LogP contribution >= 0.6 is 0 Å². The highest BCUT2D eigenvalue weighted by molar-refractivity contribution is 5.47. The predicted octanol–water partition coefficient (Wildman–Crippen LogP) is 0.943. The first-order valence-electron chi connectivity index (χ1n) is 5.65. The summed E-state index contributed by atoms with van der Waals surface area (Å²) in [5.74, 6) is 1.61. The van der Waals surface area contributed by atoms with Crippen molar-refractivity contribution < 1.29 is 0 Å². The van der Waals surface area contributed by atoms with Gasteiger partial charge in [-0.05, 0) is 26.9 Å². The number of hydrogen-bond donors (Lipinski definition) is 2. The highest BCUT2D eigenvalue weighted by Crippen LogP contribution is 2.17. The Morgan fingerprint density at radius 3 is 2.94 bits per heavy atom. The van der Waals surface area contributed by atoms with Crippen LogP contribution in [0.5, 0.6) is 0 Å². The molecule has 1 unspecified atom stereocenters. The zero-order valence-corrected chi connectivity index (χ0v) is 10.1. The number of hydrogen-bond acceptors (Lipinski definition) is 5. The third kappa shape index (κ3) is 2.41. The zero-order valence-electron chi connectivity index (χ0n) is 10.1. The summed E-state index contributed by atoms with van der Waals surface area (Å²) < 4.78 is 0. The SMILES string of the molecule is CNc1ncc(C)c(NC2CCN(C)C2)n1. The van der Waals surface area contributed by atoms with Crippen molar-refractivity contribution in [3.8, 4) is 0 Å². The van der Waals surface area contributed by atoms with Crippen molar-refractivity contribution >= 4 is 11.8 Å². The first kappa shape index (κ1) is 11.1. The smallest absolute Gasteiger partial charge is 0.224 e. The molecule has 2 rings (SSSR count). The standard InChI is InChI=1S/C11H19N5/c1-8-6-13-11(12-2)15-10(8)14-9-4-5-16(3)7-9/h6,9H,4-5,7H2,1-3H3,(H2,12,13,14,15). The van der Waals surface area contributed by atoms with Crippen molar-refractivity contribution in [3.63, 3.8) is 0 Å². The summed E-state index contributed by atoms with van der Waals surface area (Å²) in [7, 11) is 3.98. The van der Waals surface area contributed by atoms with Crippen molar-refractivity contribution in [1.29, 1.82) is 0 Å². The third-order valence-corrected chi connectivity index (χ3v) is 2.93. The molecule has 88 valence electrons. The molecule has 0 bridgehead atoms. The Morgan fingerprint density at radius 2 is 2.31 bits per heavy atom. The minimum absolute atomic E-state index is 0.503. The average Bonchev–Trinajstić information content (AvgIpc) is 2.67. The number of nitrogens with one attached hydrogen (secondary N) is 2. The van der Waals surface area contributed by atoms with E-state index in [2.05, 4.69) is 32.5 Å². The molecular formula is C11H19N5. The van der Waals surface area contributed by atoms with Gasteiger partial charge in [-0.1, -0.05) is 0 Å². The quantitative estimate of drug-likeness (QED) is 0.795. The van der Waals surface area contributed by atoms with Gasteiger partial charge < -0.3 is 15.5 Å². The number of likely N-dealkylation sites (N-methyl/N-ethyl adjacent to an activating group) is 1. The van der Waals surface area contributed by atoms with Gasteiger partial charge in [-0.25, -0.2) is 4.98 Å². The second-order valence-corrected chi connectivity index (χ2v) is 4.37. The lowest BCUT2D eigenvalue weighted by molar-refractivity contribution is 0.414. The van der Waals surface area contributed by atoms with Gasteiger partial charge in [0.25, 0.3) is 0 Å². The number of anilines is 2. The Balaban J connectivity index is 2.08. The third-order valence-electron chi connectivity index (χ3n) is 2.93. The maximum absolute atomic E-state index is 4.43. The summed E-state index contributed by atoms with van der Waals surface area (Å²) in [6.45, 7) is 4.26. The van der Waals surface area contributed by atoms with Gasteiger partial charge in [0.1, 0.15) is 5.82 Å². The Morgan fingerprint density at radius 1 is 1.50 bits per heavy atom. The normalized spacial score (nSPS) is 21.1. The fraction of sp³-hybridized carbons (Fsp3) is 0.636. The fourth-order valence-electron chi connectivity index (χ4n) is 1.95. The molecule has 1 fully saturated rings. The fourth-order valence-corrected chi connectivity index (χ4v) is 1.95. The van der Waals surface area contributed by atoms with Gasteiger partial charge in [-0.2, -0.15) is 4.98 Å². The van der Waals surface area contributed by atoms with Crippen LogP contribution in [0.1, 0.15) is 12.0 Å². The van der Waals surface area contributed by atoms with Gasteiger partial charge in [-0.3, -0.25) is 0 Å². The summed E-state index contributed by atoms with van der Waals surface area (Å²) in [6.07, 6.45) is 3.02. The monoisotopic (exact) mass is 221 g/mol. The Hall–Kier alpha value is -1.36. The second-order valence-electron chi connectivity index (χ2n) is 4.37. The lowest BCUT2D eigenvalue weighted by atomic mass is 10.2. The molecule has 1 saturated heterocycles. The van der Waals surface area contributed by atoms with Gasteiger partial charge in [0.15, 0.2) is 0 Å². The van der Waals surface area contributed by atoms with Crippen molar-refractivity contribution in [3.05, 3.63) is 11.8 Å². The molecule has 0 radical (unpaired) electrons. The molecule has 0 aliphatic carbocycles. The number of likely N-dealkylation sites (tertiary alicyclic amines) is 1. The van der Waals surface area contributed by atoms with E-state index in [0.717, 1.165) is 24.5 Å². The largest absolute Gasteiger partial charge is 0.366 e. The Labute approximate surface area is 96.3 Å². The van der Waals surface area contributed by atoms with Crippen LogP contribution in [0.2, 0.25) is 0 Å². The van der Waals surface area contributed by atoms with Crippen LogP contribution < -0.4 is 10.6 Å². The number of nitrogens with zero attached hydrogens (tertiary/aromatic N) is 3. The van der Waals surface area contributed by atoms with E-state index < -0.39 is 0 Å². The molecular weight excluding hydrogens is 202 g/mol. The van der Waals surface area contributed by atoms with E-state index in [1.165, 1.54) is 6.42 Å². The number of aryl methyl sites for hydroxylation is 1. The van der Waals surface area contributed by atoms with Crippen LogP contribution in [0.4, 0.5) is 11.8 Å². The van der Waals surface area contributed by atoms with Gasteiger partial charge in [0, 0.05) is 31.4 Å². The molecule has 2 N–H and O–H groups in total. The van der Waals surface area contributed by atoms with Crippen molar-refractivity contribution in [1.82, 2.24) is 14.9 Å². The molecule has 1 aromatic heterocycles. The summed E-state index contributed by atoms with van der Waals surface area (Å²) in [6, 6.07) is 0.503. The molecule has 1 aliphatic rings. The Bertz CT molecular complexity index is 365. The number of rotatable bonds is 3. The van der Waals surface area contributed by atoms with Crippen LogP contribution in [0, 0.1) is 6.92 Å². The predicted molar refractivity (Wildman–Crippen MR) is 65.8 cm³/mol. The maximum Gasteiger partial charge on any atom is 0.224 e. The van der Waals surface area contributed by atoms with Crippen molar-refractivity contribution in [2.24, 2.45) is 0 Å². The highest BCUT2D eigenvalue weighted by atomic mass is 15.2. The molecule has 0 amide bonds. The summed E-state index contributed by atoms with van der Waals surface area (Å²) >= 11 is 0. The number of aromatic nitrogens is 2. The minimum atomic E-state index is 0.503. The summed E-state index contributed by atoms with van der Waals surface area (Å²) in [4.78, 5) is 10.9. The van der Waals surface area contributed by atoms with Crippen LogP contribution in [-0.2, 0) is 0 Å². The van der Waals surface area contributed by atoms with E-state index in [-0.39, 0.29) is 0 Å².